The molecule has 0 saturated heterocycles. The molecule has 2 N–H and O–H groups in total. The molecule has 0 spiro atoms. The molecule has 0 radical (unpaired) electrons. The van der Waals surface area contributed by atoms with Crippen molar-refractivity contribution in [1.29, 1.82) is 0 Å². The first-order valence-electron chi connectivity index (χ1n) is 7.40. The van der Waals surface area contributed by atoms with Crippen molar-refractivity contribution >= 4 is 51.4 Å². The van der Waals surface area contributed by atoms with E-state index in [0.29, 0.717) is 16.1 Å². The zero-order valence-electron chi connectivity index (χ0n) is 13.4. The van der Waals surface area contributed by atoms with Crippen LogP contribution >= 0.6 is 27.5 Å². The van der Waals surface area contributed by atoms with Gasteiger partial charge in [-0.05, 0) is 42.0 Å². The Balaban J connectivity index is 1.74. The molecule has 0 aliphatic heterocycles. The Kier molecular flexibility index (Phi) is 7.37. The van der Waals surface area contributed by atoms with Crippen LogP contribution in [0.2, 0.25) is 5.02 Å². The van der Waals surface area contributed by atoms with Gasteiger partial charge in [0.05, 0.1) is 0 Å². The fourth-order valence-electron chi connectivity index (χ4n) is 1.79. The second-order valence-electron chi connectivity index (χ2n) is 4.97. The number of halogens is 2. The number of esters is 1. The van der Waals surface area contributed by atoms with E-state index >= 15 is 0 Å². The van der Waals surface area contributed by atoms with Crippen LogP contribution in [0.4, 0.5) is 0 Å². The van der Waals surface area contributed by atoms with E-state index in [1.54, 1.807) is 48.5 Å². The Morgan fingerprint density at radius 3 is 2.42 bits per heavy atom. The molecule has 2 rings (SSSR count). The van der Waals surface area contributed by atoms with Crippen LogP contribution in [-0.2, 0) is 14.3 Å². The number of carbonyl (C=O) groups is 3. The molecule has 0 aromatic heterocycles. The molecule has 134 valence electrons. The highest BCUT2D eigenvalue weighted by Gasteiger charge is 2.09. The summed E-state index contributed by atoms with van der Waals surface area (Å²) in [5.74, 6) is -1.87. The fraction of sp³-hybridized carbons (Fsp3) is 0.0556. The van der Waals surface area contributed by atoms with Gasteiger partial charge in [0.15, 0.2) is 6.61 Å². The van der Waals surface area contributed by atoms with Crippen LogP contribution in [0.1, 0.15) is 15.9 Å². The van der Waals surface area contributed by atoms with Crippen molar-refractivity contribution in [2.24, 2.45) is 0 Å². The molecule has 0 saturated carbocycles. The first kappa shape index (κ1) is 19.7. The summed E-state index contributed by atoms with van der Waals surface area (Å²) in [5, 5.41) is 0.491. The summed E-state index contributed by atoms with van der Waals surface area (Å²) in [6, 6.07) is 13.5. The van der Waals surface area contributed by atoms with Gasteiger partial charge >= 0.3 is 5.97 Å². The van der Waals surface area contributed by atoms with E-state index in [-0.39, 0.29) is 0 Å². The predicted molar refractivity (Wildman–Crippen MR) is 101 cm³/mol. The van der Waals surface area contributed by atoms with E-state index in [1.165, 1.54) is 6.08 Å². The van der Waals surface area contributed by atoms with Crippen LogP contribution in [0, 0.1) is 0 Å². The zero-order valence-corrected chi connectivity index (χ0v) is 15.7. The number of amides is 2. The van der Waals surface area contributed by atoms with Gasteiger partial charge in [-0.2, -0.15) is 0 Å². The summed E-state index contributed by atoms with van der Waals surface area (Å²) in [6.07, 6.45) is 2.65. The van der Waals surface area contributed by atoms with E-state index in [2.05, 4.69) is 26.8 Å². The van der Waals surface area contributed by atoms with Crippen LogP contribution in [0.5, 0.6) is 0 Å². The lowest BCUT2D eigenvalue weighted by molar-refractivity contribution is -0.144. The quantitative estimate of drug-likeness (QED) is 0.428. The number of hydrogen-bond acceptors (Lipinski definition) is 4. The molecule has 6 nitrogen and oxygen atoms in total. The molecule has 0 atom stereocenters. The molecule has 26 heavy (non-hydrogen) atoms. The maximum Gasteiger partial charge on any atom is 0.331 e. The topological polar surface area (TPSA) is 84.5 Å². The lowest BCUT2D eigenvalue weighted by Crippen LogP contribution is -2.43. The van der Waals surface area contributed by atoms with E-state index in [0.717, 1.165) is 10.5 Å². The highest BCUT2D eigenvalue weighted by molar-refractivity contribution is 9.10. The lowest BCUT2D eigenvalue weighted by atomic mass is 10.2. The maximum absolute atomic E-state index is 11.8. The highest BCUT2D eigenvalue weighted by atomic mass is 79.9. The minimum atomic E-state index is -0.709. The number of nitrogens with one attached hydrogen (secondary N) is 2. The summed E-state index contributed by atoms with van der Waals surface area (Å²) in [5.41, 5.74) is 5.41. The fourth-order valence-corrected chi connectivity index (χ4v) is 2.25. The zero-order chi connectivity index (χ0) is 18.9. The van der Waals surface area contributed by atoms with Gasteiger partial charge in [-0.15, -0.1) is 0 Å². The summed E-state index contributed by atoms with van der Waals surface area (Å²) >= 11 is 9.21. The Morgan fingerprint density at radius 1 is 1.04 bits per heavy atom. The van der Waals surface area contributed by atoms with Gasteiger partial charge < -0.3 is 4.74 Å². The Morgan fingerprint density at radius 2 is 1.73 bits per heavy atom. The number of hydrazine groups is 1. The molecular weight excluding hydrogens is 424 g/mol. The first-order valence-corrected chi connectivity index (χ1v) is 8.57. The third kappa shape index (κ3) is 6.34. The second-order valence-corrected chi connectivity index (χ2v) is 6.29. The minimum absolute atomic E-state index is 0.369. The highest BCUT2D eigenvalue weighted by Crippen LogP contribution is 2.16. The van der Waals surface area contributed by atoms with E-state index in [4.69, 9.17) is 16.3 Å². The third-order valence-electron chi connectivity index (χ3n) is 3.07. The molecule has 2 aromatic carbocycles. The molecule has 8 heteroatoms. The summed E-state index contributed by atoms with van der Waals surface area (Å²) < 4.78 is 5.61. The SMILES string of the molecule is O=C(COC(=O)C=Cc1ccccc1Cl)NNC(=O)c1ccc(Br)cc1. The van der Waals surface area contributed by atoms with Crippen LogP contribution in [0.3, 0.4) is 0 Å². The van der Waals surface area contributed by atoms with Crippen molar-refractivity contribution < 1.29 is 19.1 Å². The molecule has 0 bridgehead atoms. The molecule has 0 aliphatic rings. The Bertz CT molecular complexity index is 837. The third-order valence-corrected chi connectivity index (χ3v) is 3.94. The van der Waals surface area contributed by atoms with E-state index in [9.17, 15) is 14.4 Å². The van der Waals surface area contributed by atoms with Crippen molar-refractivity contribution in [3.8, 4) is 0 Å². The molecule has 0 unspecified atom stereocenters. The Hall–Kier alpha value is -2.64. The van der Waals surface area contributed by atoms with Gasteiger partial charge in [0.1, 0.15) is 0 Å². The van der Waals surface area contributed by atoms with Gasteiger partial charge in [0.2, 0.25) is 0 Å². The molecule has 0 fully saturated rings. The second kappa shape index (κ2) is 9.74. The monoisotopic (exact) mass is 436 g/mol. The first-order chi connectivity index (χ1) is 12.5. The lowest BCUT2D eigenvalue weighted by Gasteiger charge is -2.07. The van der Waals surface area contributed by atoms with Crippen LogP contribution < -0.4 is 10.9 Å². The summed E-state index contributed by atoms with van der Waals surface area (Å²) in [6.45, 7) is -0.535. The average Bonchev–Trinajstić information content (AvgIpc) is 2.64. The standard InChI is InChI=1S/C18H14BrClN2O4/c19-14-8-5-13(6-9-14)18(25)22-21-16(23)11-26-17(24)10-7-12-3-1-2-4-15(12)20/h1-10H,11H2,(H,21,23)(H,22,25). The van der Waals surface area contributed by atoms with Crippen molar-refractivity contribution in [2.45, 2.75) is 0 Å². The summed E-state index contributed by atoms with van der Waals surface area (Å²) in [4.78, 5) is 35.0. The van der Waals surface area contributed by atoms with Gasteiger partial charge in [0, 0.05) is 21.1 Å². The number of carbonyl (C=O) groups excluding carboxylic acids is 3. The molecular formula is C18H14BrClN2O4. The smallest absolute Gasteiger partial charge is 0.331 e. The number of hydrogen-bond donors (Lipinski definition) is 2. The molecule has 0 heterocycles. The Labute approximate surface area is 163 Å². The van der Waals surface area contributed by atoms with Gasteiger partial charge in [-0.25, -0.2) is 4.79 Å². The average molecular weight is 438 g/mol. The van der Waals surface area contributed by atoms with Gasteiger partial charge in [-0.1, -0.05) is 45.7 Å². The maximum atomic E-state index is 11.8. The number of rotatable bonds is 5. The van der Waals surface area contributed by atoms with Crippen molar-refractivity contribution in [1.82, 2.24) is 10.9 Å². The predicted octanol–water partition coefficient (Wildman–Crippen LogP) is 3.12. The molecule has 2 amide bonds. The molecule has 0 aliphatic carbocycles. The van der Waals surface area contributed by atoms with Crippen LogP contribution in [-0.4, -0.2) is 24.4 Å². The summed E-state index contributed by atoms with van der Waals surface area (Å²) in [7, 11) is 0. The van der Waals surface area contributed by atoms with Crippen molar-refractivity contribution in [2.75, 3.05) is 6.61 Å². The van der Waals surface area contributed by atoms with Crippen molar-refractivity contribution in [3.63, 3.8) is 0 Å². The van der Waals surface area contributed by atoms with Crippen LogP contribution in [0.25, 0.3) is 6.08 Å². The number of ether oxygens (including phenoxy) is 1. The van der Waals surface area contributed by atoms with Gasteiger partial charge in [-0.3, -0.25) is 20.4 Å². The minimum Gasteiger partial charge on any atom is -0.452 e. The molecule has 2 aromatic rings. The van der Waals surface area contributed by atoms with E-state index in [1.807, 2.05) is 0 Å². The largest absolute Gasteiger partial charge is 0.452 e. The van der Waals surface area contributed by atoms with Crippen LogP contribution in [0.15, 0.2) is 59.1 Å². The van der Waals surface area contributed by atoms with Gasteiger partial charge in [0.25, 0.3) is 11.8 Å². The van der Waals surface area contributed by atoms with Crippen molar-refractivity contribution in [3.05, 3.63) is 75.2 Å². The van der Waals surface area contributed by atoms with E-state index < -0.39 is 24.4 Å². The normalized spacial score (nSPS) is 10.4. The number of benzene rings is 2.